The van der Waals surface area contributed by atoms with Gasteiger partial charge in [-0.05, 0) is 31.2 Å². The van der Waals surface area contributed by atoms with Crippen LogP contribution in [0.15, 0.2) is 30.3 Å². The third kappa shape index (κ3) is 5.22. The molecular weight excluding hydrogens is 292 g/mol. The lowest BCUT2D eigenvalue weighted by molar-refractivity contribution is 0.0201. The maximum absolute atomic E-state index is 12.4. The van der Waals surface area contributed by atoms with E-state index in [0.717, 1.165) is 32.2 Å². The molecule has 0 aromatic heterocycles. The van der Waals surface area contributed by atoms with Crippen LogP contribution in [0.3, 0.4) is 0 Å². The third-order valence-corrected chi connectivity index (χ3v) is 4.65. The van der Waals surface area contributed by atoms with Crippen molar-refractivity contribution in [3.63, 3.8) is 0 Å². The zero-order valence-electron chi connectivity index (χ0n) is 14.0. The van der Waals surface area contributed by atoms with Gasteiger partial charge in [0.1, 0.15) is 0 Å². The lowest BCUT2D eigenvalue weighted by Gasteiger charge is -2.41. The molecule has 0 bridgehead atoms. The Morgan fingerprint density at radius 2 is 2.17 bits per heavy atom. The summed E-state index contributed by atoms with van der Waals surface area (Å²) in [4.78, 5) is 14.2. The average molecular weight is 320 g/mol. The predicted octanol–water partition coefficient (Wildman–Crippen LogP) is 2.05. The Kier molecular flexibility index (Phi) is 6.86. The Bertz CT molecular complexity index is 480. The molecule has 1 aliphatic heterocycles. The standard InChI is InChI=1S/C18H28N2O3/c1-23-13-10-18(15-21)9-5-12-20(14-18)17(22)19-11-8-16-6-3-2-4-7-16/h2-4,6-7,21H,5,8-15H2,1H3,(H,19,22)/t18-/m0/s1. The van der Waals surface area contributed by atoms with Gasteiger partial charge >= 0.3 is 6.03 Å². The number of aliphatic hydroxyl groups is 1. The van der Waals surface area contributed by atoms with E-state index in [0.29, 0.717) is 19.7 Å². The van der Waals surface area contributed by atoms with Crippen LogP contribution in [0.2, 0.25) is 0 Å². The van der Waals surface area contributed by atoms with Crippen molar-refractivity contribution in [1.82, 2.24) is 10.2 Å². The van der Waals surface area contributed by atoms with Crippen LogP contribution >= 0.6 is 0 Å². The highest BCUT2D eigenvalue weighted by Crippen LogP contribution is 2.33. The summed E-state index contributed by atoms with van der Waals surface area (Å²) >= 11 is 0. The number of hydrogen-bond donors (Lipinski definition) is 2. The van der Waals surface area contributed by atoms with E-state index in [-0.39, 0.29) is 18.1 Å². The van der Waals surface area contributed by atoms with Crippen molar-refractivity contribution in [2.45, 2.75) is 25.7 Å². The van der Waals surface area contributed by atoms with E-state index in [1.54, 1.807) is 7.11 Å². The van der Waals surface area contributed by atoms with Crippen LogP contribution in [0.4, 0.5) is 4.79 Å². The lowest BCUT2D eigenvalue weighted by Crippen LogP contribution is -2.51. The maximum atomic E-state index is 12.4. The van der Waals surface area contributed by atoms with Crippen LogP contribution in [0.25, 0.3) is 0 Å². The van der Waals surface area contributed by atoms with Gasteiger partial charge in [-0.15, -0.1) is 0 Å². The topological polar surface area (TPSA) is 61.8 Å². The fourth-order valence-electron chi connectivity index (χ4n) is 3.18. The van der Waals surface area contributed by atoms with E-state index in [1.165, 1.54) is 5.56 Å². The summed E-state index contributed by atoms with van der Waals surface area (Å²) in [5.74, 6) is 0. The molecule has 1 aromatic rings. The number of hydrogen-bond acceptors (Lipinski definition) is 3. The van der Waals surface area contributed by atoms with Crippen molar-refractivity contribution < 1.29 is 14.6 Å². The van der Waals surface area contributed by atoms with E-state index < -0.39 is 0 Å². The summed E-state index contributed by atoms with van der Waals surface area (Å²) < 4.78 is 5.15. The molecule has 0 spiro atoms. The first-order chi connectivity index (χ1) is 11.2. The minimum Gasteiger partial charge on any atom is -0.396 e. The molecule has 1 fully saturated rings. The van der Waals surface area contributed by atoms with Gasteiger partial charge in [0.25, 0.3) is 0 Å². The van der Waals surface area contributed by atoms with Gasteiger partial charge in [0, 0.05) is 38.8 Å². The monoisotopic (exact) mass is 320 g/mol. The molecule has 2 amide bonds. The molecule has 1 aliphatic rings. The number of aliphatic hydroxyl groups excluding tert-OH is 1. The third-order valence-electron chi connectivity index (χ3n) is 4.65. The molecule has 1 aromatic carbocycles. The average Bonchev–Trinajstić information content (AvgIpc) is 2.61. The Balaban J connectivity index is 1.81. The fourth-order valence-corrected chi connectivity index (χ4v) is 3.18. The van der Waals surface area contributed by atoms with Crippen molar-refractivity contribution in [1.29, 1.82) is 0 Å². The van der Waals surface area contributed by atoms with Crippen LogP contribution in [0, 0.1) is 5.41 Å². The second-order valence-corrected chi connectivity index (χ2v) is 6.39. The van der Waals surface area contributed by atoms with E-state index in [4.69, 9.17) is 4.74 Å². The Morgan fingerprint density at radius 1 is 1.39 bits per heavy atom. The predicted molar refractivity (Wildman–Crippen MR) is 90.4 cm³/mol. The van der Waals surface area contributed by atoms with E-state index in [9.17, 15) is 9.90 Å². The number of carbonyl (C=O) groups is 1. The highest BCUT2D eigenvalue weighted by Gasteiger charge is 2.36. The summed E-state index contributed by atoms with van der Waals surface area (Å²) in [5, 5.41) is 12.8. The smallest absolute Gasteiger partial charge is 0.317 e. The first kappa shape index (κ1) is 17.8. The summed E-state index contributed by atoms with van der Waals surface area (Å²) in [6.45, 7) is 2.70. The van der Waals surface area contributed by atoms with Gasteiger partial charge in [-0.3, -0.25) is 0 Å². The first-order valence-corrected chi connectivity index (χ1v) is 8.36. The van der Waals surface area contributed by atoms with Crippen molar-refractivity contribution in [2.75, 3.05) is 40.0 Å². The number of nitrogens with zero attached hydrogens (tertiary/aromatic N) is 1. The number of likely N-dealkylation sites (tertiary alicyclic amines) is 1. The minimum absolute atomic E-state index is 0.0316. The molecular formula is C18H28N2O3. The van der Waals surface area contributed by atoms with Crippen LogP contribution in [0.1, 0.15) is 24.8 Å². The number of nitrogens with one attached hydrogen (secondary N) is 1. The minimum atomic E-state index is -0.217. The van der Waals surface area contributed by atoms with Gasteiger partial charge in [-0.2, -0.15) is 0 Å². The number of ether oxygens (including phenoxy) is 1. The molecule has 1 saturated heterocycles. The Morgan fingerprint density at radius 3 is 2.87 bits per heavy atom. The van der Waals surface area contributed by atoms with E-state index >= 15 is 0 Å². The fraction of sp³-hybridized carbons (Fsp3) is 0.611. The van der Waals surface area contributed by atoms with Gasteiger partial charge in [0.05, 0.1) is 6.61 Å². The van der Waals surface area contributed by atoms with Gasteiger partial charge in [0.2, 0.25) is 0 Å². The molecule has 0 radical (unpaired) electrons. The Labute approximate surface area is 138 Å². The zero-order valence-corrected chi connectivity index (χ0v) is 14.0. The number of rotatable bonds is 7. The molecule has 2 rings (SSSR count). The Hall–Kier alpha value is -1.59. The molecule has 0 unspecified atom stereocenters. The summed E-state index contributed by atoms with van der Waals surface area (Å²) in [6, 6.07) is 10.1. The zero-order chi connectivity index (χ0) is 16.5. The first-order valence-electron chi connectivity index (χ1n) is 8.36. The number of methoxy groups -OCH3 is 1. The summed E-state index contributed by atoms with van der Waals surface area (Å²) in [7, 11) is 1.67. The second kappa shape index (κ2) is 8.89. The van der Waals surface area contributed by atoms with Crippen molar-refractivity contribution in [2.24, 2.45) is 5.41 Å². The number of urea groups is 1. The van der Waals surface area contributed by atoms with Crippen molar-refractivity contribution in [3.8, 4) is 0 Å². The quantitative estimate of drug-likeness (QED) is 0.808. The molecule has 1 atom stereocenters. The molecule has 5 nitrogen and oxygen atoms in total. The molecule has 1 heterocycles. The molecule has 2 N–H and O–H groups in total. The molecule has 5 heteroatoms. The summed E-state index contributed by atoms with van der Waals surface area (Å²) in [5.41, 5.74) is 1.00. The lowest BCUT2D eigenvalue weighted by atomic mass is 9.78. The number of carbonyl (C=O) groups excluding carboxylic acids is 1. The second-order valence-electron chi connectivity index (χ2n) is 6.39. The molecule has 0 saturated carbocycles. The number of amides is 2. The molecule has 0 aliphatic carbocycles. The maximum Gasteiger partial charge on any atom is 0.317 e. The van der Waals surface area contributed by atoms with E-state index in [1.807, 2.05) is 23.1 Å². The van der Waals surface area contributed by atoms with Crippen LogP contribution in [-0.2, 0) is 11.2 Å². The highest BCUT2D eigenvalue weighted by atomic mass is 16.5. The van der Waals surface area contributed by atoms with Gasteiger partial charge in [0.15, 0.2) is 0 Å². The molecule has 23 heavy (non-hydrogen) atoms. The van der Waals surface area contributed by atoms with Crippen LogP contribution in [-0.4, -0.2) is 56.0 Å². The molecule has 128 valence electrons. The SMILES string of the molecule is COCC[C@@]1(CO)CCCN(C(=O)NCCc2ccccc2)C1. The van der Waals surface area contributed by atoms with Crippen LogP contribution < -0.4 is 5.32 Å². The van der Waals surface area contributed by atoms with Gasteiger partial charge < -0.3 is 20.1 Å². The van der Waals surface area contributed by atoms with E-state index in [2.05, 4.69) is 17.4 Å². The van der Waals surface area contributed by atoms with Gasteiger partial charge in [-0.1, -0.05) is 30.3 Å². The van der Waals surface area contributed by atoms with Crippen molar-refractivity contribution in [3.05, 3.63) is 35.9 Å². The number of piperidine rings is 1. The van der Waals surface area contributed by atoms with Gasteiger partial charge in [-0.25, -0.2) is 4.79 Å². The van der Waals surface area contributed by atoms with Crippen molar-refractivity contribution >= 4 is 6.03 Å². The summed E-state index contributed by atoms with van der Waals surface area (Å²) in [6.07, 6.45) is 3.49. The van der Waals surface area contributed by atoms with Crippen LogP contribution in [0.5, 0.6) is 0 Å². The highest BCUT2D eigenvalue weighted by molar-refractivity contribution is 5.74. The normalized spacial score (nSPS) is 21.2. The largest absolute Gasteiger partial charge is 0.396 e. The number of benzene rings is 1.